The first-order chi connectivity index (χ1) is 14.1. The number of nitrogens with one attached hydrogen (secondary N) is 1. The maximum Gasteiger partial charge on any atom is 0.259 e. The second-order valence-corrected chi connectivity index (χ2v) is 6.52. The molecule has 144 valence electrons. The van der Waals surface area contributed by atoms with Crippen LogP contribution in [0.25, 0.3) is 11.3 Å². The normalized spacial score (nSPS) is 10.7. The first-order valence-electron chi connectivity index (χ1n) is 9.03. The van der Waals surface area contributed by atoms with Crippen molar-refractivity contribution in [1.29, 1.82) is 0 Å². The fraction of sp³-hybridized carbons (Fsp3) is 0.0435. The van der Waals surface area contributed by atoms with Crippen molar-refractivity contribution < 1.29 is 13.6 Å². The number of hydrogen-bond donors (Lipinski definition) is 1. The van der Waals surface area contributed by atoms with Crippen LogP contribution in [0.1, 0.15) is 15.9 Å². The lowest BCUT2D eigenvalue weighted by Crippen LogP contribution is -2.13. The number of carbonyl (C=O) groups excluding carboxylic acids is 1. The molecule has 29 heavy (non-hydrogen) atoms. The molecule has 0 atom stereocenters. The zero-order valence-corrected chi connectivity index (χ0v) is 15.3. The van der Waals surface area contributed by atoms with E-state index in [2.05, 4.69) is 10.4 Å². The second-order valence-electron chi connectivity index (χ2n) is 6.52. The number of carbonyl (C=O) groups is 1. The Balaban J connectivity index is 1.70. The summed E-state index contributed by atoms with van der Waals surface area (Å²) in [5, 5.41) is 7.01. The Hall–Kier alpha value is -3.80. The predicted octanol–water partition coefficient (Wildman–Crippen LogP) is 5.13. The first-order valence-corrected chi connectivity index (χ1v) is 9.03. The quantitative estimate of drug-likeness (QED) is 0.514. The molecule has 0 saturated carbocycles. The molecule has 1 N–H and O–H groups in total. The number of hydrogen-bond acceptors (Lipinski definition) is 2. The van der Waals surface area contributed by atoms with E-state index in [1.165, 1.54) is 0 Å². The molecule has 4 rings (SSSR count). The molecule has 0 radical (unpaired) electrons. The monoisotopic (exact) mass is 389 g/mol. The Kier molecular flexibility index (Phi) is 5.16. The first kappa shape index (κ1) is 18.6. The van der Waals surface area contributed by atoms with Gasteiger partial charge in [0.25, 0.3) is 5.91 Å². The maximum atomic E-state index is 14.0. The molecule has 0 bridgehead atoms. The number of halogens is 2. The van der Waals surface area contributed by atoms with Gasteiger partial charge in [-0.3, -0.25) is 9.48 Å². The zero-order valence-electron chi connectivity index (χ0n) is 15.3. The lowest BCUT2D eigenvalue weighted by Gasteiger charge is -2.06. The minimum Gasteiger partial charge on any atom is -0.319 e. The Labute approximate surface area is 166 Å². The lowest BCUT2D eigenvalue weighted by atomic mass is 10.1. The second kappa shape index (κ2) is 8.06. The van der Waals surface area contributed by atoms with Crippen molar-refractivity contribution in [3.8, 4) is 11.3 Å². The molecule has 0 spiro atoms. The summed E-state index contributed by atoms with van der Waals surface area (Å²) in [5.74, 6) is -1.91. The molecule has 3 aromatic carbocycles. The van der Waals surface area contributed by atoms with Crippen LogP contribution in [-0.4, -0.2) is 15.7 Å². The molecule has 0 unspecified atom stereocenters. The molecule has 0 saturated heterocycles. The highest BCUT2D eigenvalue weighted by molar-refractivity contribution is 6.08. The van der Waals surface area contributed by atoms with E-state index >= 15 is 0 Å². The van der Waals surface area contributed by atoms with Crippen molar-refractivity contribution >= 4 is 11.6 Å². The van der Waals surface area contributed by atoms with Gasteiger partial charge < -0.3 is 5.32 Å². The average Bonchev–Trinajstić information content (AvgIpc) is 3.16. The highest BCUT2D eigenvalue weighted by Gasteiger charge is 2.19. The third-order valence-electron chi connectivity index (χ3n) is 4.42. The molecule has 0 aliphatic rings. The topological polar surface area (TPSA) is 46.9 Å². The van der Waals surface area contributed by atoms with Crippen LogP contribution in [0, 0.1) is 11.6 Å². The SMILES string of the molecule is O=C(Nc1cc(F)ccc1F)c1cn(Cc2ccccc2)nc1-c1ccccc1. The Morgan fingerprint density at radius 2 is 1.62 bits per heavy atom. The Morgan fingerprint density at radius 3 is 2.34 bits per heavy atom. The third kappa shape index (κ3) is 4.21. The predicted molar refractivity (Wildman–Crippen MR) is 108 cm³/mol. The van der Waals surface area contributed by atoms with Crippen LogP contribution in [0.2, 0.25) is 0 Å². The van der Waals surface area contributed by atoms with Crippen LogP contribution >= 0.6 is 0 Å². The molecule has 1 aromatic heterocycles. The van der Waals surface area contributed by atoms with Crippen LogP contribution in [-0.2, 0) is 6.54 Å². The minimum atomic E-state index is -0.710. The molecule has 0 aliphatic carbocycles. The maximum absolute atomic E-state index is 14.0. The van der Waals surface area contributed by atoms with Gasteiger partial charge in [0.15, 0.2) is 0 Å². The van der Waals surface area contributed by atoms with Gasteiger partial charge in [0, 0.05) is 17.8 Å². The van der Waals surface area contributed by atoms with Crippen LogP contribution < -0.4 is 5.32 Å². The standard InChI is InChI=1S/C23H17F2N3O/c24-18-11-12-20(25)21(13-18)26-23(29)19-15-28(14-16-7-3-1-4-8-16)27-22(19)17-9-5-2-6-10-17/h1-13,15H,14H2,(H,26,29). The number of benzene rings is 3. The minimum absolute atomic E-state index is 0.218. The summed E-state index contributed by atoms with van der Waals surface area (Å²) < 4.78 is 29.1. The van der Waals surface area contributed by atoms with Crippen LogP contribution in [0.5, 0.6) is 0 Å². The number of aromatic nitrogens is 2. The van der Waals surface area contributed by atoms with Gasteiger partial charge in [-0.25, -0.2) is 8.78 Å². The van der Waals surface area contributed by atoms with Crippen molar-refractivity contribution in [1.82, 2.24) is 9.78 Å². The average molecular weight is 389 g/mol. The Bertz CT molecular complexity index is 1140. The van der Waals surface area contributed by atoms with E-state index in [-0.39, 0.29) is 11.3 Å². The van der Waals surface area contributed by atoms with Crippen molar-refractivity contribution in [2.45, 2.75) is 6.54 Å². The third-order valence-corrected chi connectivity index (χ3v) is 4.42. The molecule has 0 aliphatic heterocycles. The molecule has 6 heteroatoms. The van der Waals surface area contributed by atoms with E-state index in [4.69, 9.17) is 0 Å². The van der Waals surface area contributed by atoms with Gasteiger partial charge >= 0.3 is 0 Å². The van der Waals surface area contributed by atoms with Crippen LogP contribution in [0.15, 0.2) is 85.1 Å². The summed E-state index contributed by atoms with van der Waals surface area (Å²) in [7, 11) is 0. The van der Waals surface area contributed by atoms with Crippen LogP contribution in [0.4, 0.5) is 14.5 Å². The summed E-state index contributed by atoms with van der Waals surface area (Å²) in [6, 6.07) is 21.9. The van der Waals surface area contributed by atoms with Crippen LogP contribution in [0.3, 0.4) is 0 Å². The molecular weight excluding hydrogens is 372 g/mol. The molecule has 0 fully saturated rings. The van der Waals surface area contributed by atoms with Crippen molar-refractivity contribution in [3.63, 3.8) is 0 Å². The highest BCUT2D eigenvalue weighted by atomic mass is 19.1. The van der Waals surface area contributed by atoms with Gasteiger partial charge in [-0.05, 0) is 17.7 Å². The van der Waals surface area contributed by atoms with E-state index in [1.807, 2.05) is 60.7 Å². The van der Waals surface area contributed by atoms with E-state index in [9.17, 15) is 13.6 Å². The lowest BCUT2D eigenvalue weighted by molar-refractivity contribution is 0.102. The Morgan fingerprint density at radius 1 is 0.931 bits per heavy atom. The van der Waals surface area contributed by atoms with Gasteiger partial charge in [-0.15, -0.1) is 0 Å². The summed E-state index contributed by atoms with van der Waals surface area (Å²) in [6.45, 7) is 0.474. The van der Waals surface area contributed by atoms with Gasteiger partial charge in [-0.2, -0.15) is 5.10 Å². The van der Waals surface area contributed by atoms with Crippen molar-refractivity contribution in [3.05, 3.63) is 108 Å². The van der Waals surface area contributed by atoms with E-state index < -0.39 is 17.5 Å². The summed E-state index contributed by atoms with van der Waals surface area (Å²) in [4.78, 5) is 12.9. The number of nitrogens with zero attached hydrogens (tertiary/aromatic N) is 2. The summed E-state index contributed by atoms with van der Waals surface area (Å²) in [6.07, 6.45) is 1.61. The molecule has 1 amide bonds. The van der Waals surface area contributed by atoms with Gasteiger partial charge in [0.05, 0.1) is 17.8 Å². The van der Waals surface area contributed by atoms with E-state index in [0.29, 0.717) is 12.2 Å². The molecule has 1 heterocycles. The fourth-order valence-electron chi connectivity index (χ4n) is 3.03. The van der Waals surface area contributed by atoms with Gasteiger partial charge in [-0.1, -0.05) is 60.7 Å². The molecular formula is C23H17F2N3O. The van der Waals surface area contributed by atoms with Gasteiger partial charge in [0.1, 0.15) is 17.3 Å². The smallest absolute Gasteiger partial charge is 0.259 e. The fourth-order valence-corrected chi connectivity index (χ4v) is 3.03. The van der Waals surface area contributed by atoms with Crippen molar-refractivity contribution in [2.75, 3.05) is 5.32 Å². The van der Waals surface area contributed by atoms with E-state index in [0.717, 1.165) is 29.3 Å². The number of amides is 1. The number of rotatable bonds is 5. The zero-order chi connectivity index (χ0) is 20.2. The number of anilines is 1. The van der Waals surface area contributed by atoms with E-state index in [1.54, 1.807) is 10.9 Å². The summed E-state index contributed by atoms with van der Waals surface area (Å²) >= 11 is 0. The molecule has 4 aromatic rings. The van der Waals surface area contributed by atoms with Gasteiger partial charge in [0.2, 0.25) is 0 Å². The highest BCUT2D eigenvalue weighted by Crippen LogP contribution is 2.24. The summed E-state index contributed by atoms with van der Waals surface area (Å²) in [5.41, 5.74) is 2.30. The largest absolute Gasteiger partial charge is 0.319 e. The van der Waals surface area contributed by atoms with Crippen molar-refractivity contribution in [2.24, 2.45) is 0 Å². The molecule has 4 nitrogen and oxygen atoms in total.